The third-order valence-corrected chi connectivity index (χ3v) is 4.50. The molecule has 2 amide bonds. The van der Waals surface area contributed by atoms with E-state index >= 15 is 0 Å². The lowest BCUT2D eigenvalue weighted by molar-refractivity contribution is -0.123. The first-order chi connectivity index (χ1) is 11.4. The summed E-state index contributed by atoms with van der Waals surface area (Å²) in [6.07, 6.45) is 4.85. The number of carbonyl (C=O) groups excluding carboxylic acids is 2. The lowest BCUT2D eigenvalue weighted by atomic mass is 9.92. The number of piperidine rings is 1. The molecular weight excluding hydrogens is 310 g/mol. The Balaban J connectivity index is 1.86. The second-order valence-electron chi connectivity index (χ2n) is 6.31. The number of nitrogens with two attached hydrogens (primary N) is 1. The maximum absolute atomic E-state index is 12.9. The molecule has 1 fully saturated rings. The van der Waals surface area contributed by atoms with Gasteiger partial charge in [0.2, 0.25) is 11.8 Å². The normalized spacial score (nSPS) is 21.0. The van der Waals surface area contributed by atoms with E-state index in [1.54, 1.807) is 35.9 Å². The molecule has 0 saturated carbocycles. The van der Waals surface area contributed by atoms with Gasteiger partial charge in [0.1, 0.15) is 5.76 Å². The number of amides is 2. The van der Waals surface area contributed by atoms with Crippen LogP contribution in [0.5, 0.6) is 0 Å². The van der Waals surface area contributed by atoms with Crippen molar-refractivity contribution in [1.82, 2.24) is 19.7 Å². The number of hydrogen-bond acceptors (Lipinski definition) is 5. The Bertz CT molecular complexity index is 779. The average Bonchev–Trinajstić information content (AvgIpc) is 3.12. The highest BCUT2D eigenvalue weighted by atomic mass is 16.4. The summed E-state index contributed by atoms with van der Waals surface area (Å²) in [5.74, 6) is -0.0973. The predicted molar refractivity (Wildman–Crippen MR) is 85.9 cm³/mol. The summed E-state index contributed by atoms with van der Waals surface area (Å²) in [6.45, 7) is 4.00. The Morgan fingerprint density at radius 1 is 1.38 bits per heavy atom. The summed E-state index contributed by atoms with van der Waals surface area (Å²) < 4.78 is 7.27. The number of rotatable bonds is 3. The van der Waals surface area contributed by atoms with Crippen LogP contribution in [0.4, 0.5) is 0 Å². The summed E-state index contributed by atoms with van der Waals surface area (Å²) in [7, 11) is 1.80. The summed E-state index contributed by atoms with van der Waals surface area (Å²) in [5.41, 5.74) is 6.38. The van der Waals surface area contributed by atoms with Gasteiger partial charge < -0.3 is 15.1 Å². The average molecular weight is 331 g/mol. The van der Waals surface area contributed by atoms with Gasteiger partial charge in [-0.2, -0.15) is 5.10 Å². The molecule has 2 atom stereocenters. The number of likely N-dealkylation sites (tertiary alicyclic amines) is 1. The number of aromatic nitrogens is 3. The van der Waals surface area contributed by atoms with Crippen LogP contribution in [0.1, 0.15) is 36.0 Å². The molecule has 0 spiro atoms. The van der Waals surface area contributed by atoms with Crippen molar-refractivity contribution in [3.63, 3.8) is 0 Å². The van der Waals surface area contributed by atoms with Gasteiger partial charge in [0.15, 0.2) is 5.69 Å². The molecule has 0 bridgehead atoms. The second kappa shape index (κ2) is 6.10. The zero-order valence-electron chi connectivity index (χ0n) is 14.0. The first-order valence-electron chi connectivity index (χ1n) is 7.93. The van der Waals surface area contributed by atoms with Crippen LogP contribution in [-0.4, -0.2) is 44.1 Å². The molecule has 0 aliphatic carbocycles. The molecule has 0 radical (unpaired) electrons. The quantitative estimate of drug-likeness (QED) is 0.906. The van der Waals surface area contributed by atoms with Gasteiger partial charge in [0, 0.05) is 25.8 Å². The van der Waals surface area contributed by atoms with E-state index in [2.05, 4.69) is 10.1 Å². The van der Waals surface area contributed by atoms with Crippen molar-refractivity contribution in [2.45, 2.75) is 32.7 Å². The second-order valence-corrected chi connectivity index (χ2v) is 6.31. The molecule has 0 aromatic carbocycles. The highest BCUT2D eigenvalue weighted by Crippen LogP contribution is 2.26. The fraction of sp³-hybridized carbons (Fsp3) is 0.500. The lowest BCUT2D eigenvalue weighted by Crippen LogP contribution is -2.48. The van der Waals surface area contributed by atoms with E-state index in [9.17, 15) is 9.59 Å². The molecular formula is C16H21N5O3. The van der Waals surface area contributed by atoms with Gasteiger partial charge in [-0.05, 0) is 26.7 Å². The van der Waals surface area contributed by atoms with Gasteiger partial charge in [-0.3, -0.25) is 14.3 Å². The Morgan fingerprint density at radius 2 is 2.12 bits per heavy atom. The van der Waals surface area contributed by atoms with Gasteiger partial charge in [0.05, 0.1) is 17.7 Å². The topological polar surface area (TPSA) is 107 Å². The highest BCUT2D eigenvalue weighted by Gasteiger charge is 2.34. The first-order valence-corrected chi connectivity index (χ1v) is 7.93. The van der Waals surface area contributed by atoms with E-state index < -0.39 is 0 Å². The third kappa shape index (κ3) is 2.91. The molecule has 3 rings (SSSR count). The van der Waals surface area contributed by atoms with Crippen LogP contribution in [0.2, 0.25) is 0 Å². The monoisotopic (exact) mass is 331 g/mol. The van der Waals surface area contributed by atoms with E-state index in [0.29, 0.717) is 30.2 Å². The van der Waals surface area contributed by atoms with Crippen molar-refractivity contribution in [1.29, 1.82) is 0 Å². The van der Waals surface area contributed by atoms with Crippen LogP contribution < -0.4 is 5.73 Å². The minimum atomic E-state index is -0.368. The van der Waals surface area contributed by atoms with Gasteiger partial charge in [-0.25, -0.2) is 4.98 Å². The standard InChI is InChI=1S/C16H21N5O3/c1-9-4-5-11(14(17)22)8-21(9)16(23)13-10(2)24-15(19-13)12-6-18-20(3)7-12/h6-7,9,11H,4-5,8H2,1-3H3,(H2,17,22). The Hall–Kier alpha value is -2.64. The minimum absolute atomic E-state index is 0.0334. The van der Waals surface area contributed by atoms with E-state index in [-0.39, 0.29) is 29.5 Å². The molecule has 1 aliphatic rings. The number of hydrogen-bond donors (Lipinski definition) is 1. The van der Waals surface area contributed by atoms with Gasteiger partial charge >= 0.3 is 0 Å². The smallest absolute Gasteiger partial charge is 0.276 e. The Morgan fingerprint density at radius 3 is 2.75 bits per heavy atom. The molecule has 1 aliphatic heterocycles. The van der Waals surface area contributed by atoms with Crippen molar-refractivity contribution in [3.05, 3.63) is 23.8 Å². The van der Waals surface area contributed by atoms with Crippen LogP contribution in [-0.2, 0) is 11.8 Å². The van der Waals surface area contributed by atoms with Crippen LogP contribution in [0.15, 0.2) is 16.8 Å². The summed E-state index contributed by atoms with van der Waals surface area (Å²) in [6, 6.07) is 0.0334. The minimum Gasteiger partial charge on any atom is -0.440 e. The summed E-state index contributed by atoms with van der Waals surface area (Å²) in [4.78, 5) is 30.4. The van der Waals surface area contributed by atoms with E-state index in [4.69, 9.17) is 10.2 Å². The molecule has 8 nitrogen and oxygen atoms in total. The van der Waals surface area contributed by atoms with Gasteiger partial charge in [-0.15, -0.1) is 0 Å². The van der Waals surface area contributed by atoms with E-state index in [1.165, 1.54) is 0 Å². The van der Waals surface area contributed by atoms with Crippen molar-refractivity contribution >= 4 is 11.8 Å². The number of nitrogens with zero attached hydrogens (tertiary/aromatic N) is 4. The van der Waals surface area contributed by atoms with Crippen molar-refractivity contribution < 1.29 is 14.0 Å². The van der Waals surface area contributed by atoms with E-state index in [0.717, 1.165) is 6.42 Å². The van der Waals surface area contributed by atoms with Crippen LogP contribution in [0, 0.1) is 12.8 Å². The molecule has 128 valence electrons. The zero-order valence-corrected chi connectivity index (χ0v) is 14.0. The maximum atomic E-state index is 12.9. The molecule has 2 N–H and O–H groups in total. The lowest BCUT2D eigenvalue weighted by Gasteiger charge is -2.36. The number of carbonyl (C=O) groups is 2. The fourth-order valence-corrected chi connectivity index (χ4v) is 3.01. The molecule has 24 heavy (non-hydrogen) atoms. The molecule has 3 heterocycles. The fourth-order valence-electron chi connectivity index (χ4n) is 3.01. The number of primary amides is 1. The van der Waals surface area contributed by atoms with Crippen molar-refractivity contribution in [2.24, 2.45) is 18.7 Å². The summed E-state index contributed by atoms with van der Waals surface area (Å²) in [5, 5.41) is 4.08. The predicted octanol–water partition coefficient (Wildman–Crippen LogP) is 1.11. The molecule has 2 aromatic heterocycles. The molecule has 2 aromatic rings. The number of oxazole rings is 1. The number of aryl methyl sites for hydroxylation is 2. The third-order valence-electron chi connectivity index (χ3n) is 4.50. The molecule has 8 heteroatoms. The van der Waals surface area contributed by atoms with Gasteiger partial charge in [0.25, 0.3) is 5.91 Å². The van der Waals surface area contributed by atoms with Crippen molar-refractivity contribution in [2.75, 3.05) is 6.54 Å². The highest BCUT2D eigenvalue weighted by molar-refractivity contribution is 5.94. The van der Waals surface area contributed by atoms with Crippen LogP contribution in [0.3, 0.4) is 0 Å². The Labute approximate surface area is 139 Å². The van der Waals surface area contributed by atoms with Crippen molar-refractivity contribution in [3.8, 4) is 11.5 Å². The first kappa shape index (κ1) is 16.2. The van der Waals surface area contributed by atoms with Crippen LogP contribution >= 0.6 is 0 Å². The molecule has 1 saturated heterocycles. The van der Waals surface area contributed by atoms with E-state index in [1.807, 2.05) is 6.92 Å². The summed E-state index contributed by atoms with van der Waals surface area (Å²) >= 11 is 0. The largest absolute Gasteiger partial charge is 0.440 e. The Kier molecular flexibility index (Phi) is 4.13. The maximum Gasteiger partial charge on any atom is 0.276 e. The molecule has 2 unspecified atom stereocenters. The van der Waals surface area contributed by atoms with Gasteiger partial charge in [-0.1, -0.05) is 0 Å². The zero-order chi connectivity index (χ0) is 17.4. The van der Waals surface area contributed by atoms with Crippen LogP contribution in [0.25, 0.3) is 11.5 Å². The SMILES string of the molecule is Cc1oc(-c2cnn(C)c2)nc1C(=O)N1CC(C(N)=O)CCC1C.